The first-order valence-electron chi connectivity index (χ1n) is 12.4. The molecule has 0 saturated heterocycles. The van der Waals surface area contributed by atoms with E-state index in [0.29, 0.717) is 25.0 Å². The number of rotatable bonds is 6. The second-order valence-corrected chi connectivity index (χ2v) is 9.08. The molecule has 0 radical (unpaired) electrons. The highest BCUT2D eigenvalue weighted by Gasteiger charge is 2.26. The first kappa shape index (κ1) is 23.2. The summed E-state index contributed by atoms with van der Waals surface area (Å²) in [4.78, 5) is 0. The van der Waals surface area contributed by atoms with Crippen molar-refractivity contribution < 1.29 is 9.47 Å². The molecule has 1 heterocycles. The predicted molar refractivity (Wildman–Crippen MR) is 141 cm³/mol. The van der Waals surface area contributed by atoms with Crippen LogP contribution in [0.25, 0.3) is 34.6 Å². The zero-order valence-corrected chi connectivity index (χ0v) is 20.3. The molecule has 4 rings (SSSR count). The number of benzene rings is 3. The molecule has 0 aliphatic carbocycles. The van der Waals surface area contributed by atoms with Gasteiger partial charge in [0.05, 0.1) is 13.2 Å². The van der Waals surface area contributed by atoms with E-state index in [0.717, 1.165) is 33.1 Å². The van der Waals surface area contributed by atoms with Crippen LogP contribution in [0.4, 0.5) is 0 Å². The van der Waals surface area contributed by atoms with E-state index >= 15 is 0 Å². The molecule has 2 heteroatoms. The van der Waals surface area contributed by atoms with Crippen molar-refractivity contribution in [1.29, 1.82) is 0 Å². The van der Waals surface area contributed by atoms with Gasteiger partial charge in [-0.3, -0.25) is 0 Å². The summed E-state index contributed by atoms with van der Waals surface area (Å²) in [7, 11) is 0. The van der Waals surface area contributed by atoms with Crippen molar-refractivity contribution in [3.05, 3.63) is 71.1 Å². The van der Waals surface area contributed by atoms with Gasteiger partial charge in [0, 0.05) is 17.0 Å². The lowest BCUT2D eigenvalue weighted by atomic mass is 9.86. The topological polar surface area (TPSA) is 18.5 Å². The molecule has 3 aromatic rings. The standard InChI is InChI=1S/C31H36O2/c1-5-8-14-26-22(4)16-18-28-30(26)31-27-15-10-9-13-24(27)17-19-29(31)33-21-25(20-32-28)23(11-6-2)12-7-3/h5,8-10,13-19,23,25H,4,6-7,11-12,20-21H2,1-3H3/b8-5-,26-14+. The van der Waals surface area contributed by atoms with Gasteiger partial charge in [0.1, 0.15) is 11.5 Å². The second-order valence-electron chi connectivity index (χ2n) is 9.08. The van der Waals surface area contributed by atoms with Crippen molar-refractivity contribution in [2.45, 2.75) is 46.5 Å². The normalized spacial score (nSPS) is 16.6. The summed E-state index contributed by atoms with van der Waals surface area (Å²) in [5.41, 5.74) is 2.18. The molecule has 0 bridgehead atoms. The summed E-state index contributed by atoms with van der Waals surface area (Å²) in [6, 6.07) is 17.0. The molecule has 0 saturated carbocycles. The van der Waals surface area contributed by atoms with Crippen LogP contribution in [0.15, 0.2) is 60.7 Å². The van der Waals surface area contributed by atoms with E-state index in [1.54, 1.807) is 0 Å². The number of hydrogen-bond acceptors (Lipinski definition) is 2. The summed E-state index contributed by atoms with van der Waals surface area (Å²) in [5.74, 6) is 2.81. The predicted octanol–water partition coefficient (Wildman–Crippen LogP) is 6.88. The summed E-state index contributed by atoms with van der Waals surface area (Å²) in [6.07, 6.45) is 11.1. The zero-order valence-electron chi connectivity index (χ0n) is 20.3. The maximum Gasteiger partial charge on any atom is 0.127 e. The molecule has 0 amide bonds. The Bertz CT molecular complexity index is 1230. The molecule has 0 aromatic heterocycles. The van der Waals surface area contributed by atoms with E-state index in [2.05, 4.69) is 81.1 Å². The zero-order chi connectivity index (χ0) is 23.2. The van der Waals surface area contributed by atoms with E-state index in [1.165, 1.54) is 36.5 Å². The summed E-state index contributed by atoms with van der Waals surface area (Å²) in [5, 5.41) is 4.45. The quantitative estimate of drug-likeness (QED) is 0.416. The van der Waals surface area contributed by atoms with Crippen molar-refractivity contribution in [1.82, 2.24) is 0 Å². The molecular weight excluding hydrogens is 404 g/mol. The van der Waals surface area contributed by atoms with Gasteiger partial charge < -0.3 is 9.47 Å². The summed E-state index contributed by atoms with van der Waals surface area (Å²) < 4.78 is 13.3. The Hall–Kier alpha value is -3.00. The number of allylic oxidation sites excluding steroid dienone is 2. The van der Waals surface area contributed by atoms with Crippen molar-refractivity contribution in [3.63, 3.8) is 0 Å². The maximum atomic E-state index is 6.63. The van der Waals surface area contributed by atoms with Crippen molar-refractivity contribution in [3.8, 4) is 22.6 Å². The third kappa shape index (κ3) is 4.85. The highest BCUT2D eigenvalue weighted by molar-refractivity contribution is 6.01. The van der Waals surface area contributed by atoms with Gasteiger partial charge in [0.2, 0.25) is 0 Å². The molecule has 172 valence electrons. The van der Waals surface area contributed by atoms with E-state index in [4.69, 9.17) is 9.47 Å². The van der Waals surface area contributed by atoms with Gasteiger partial charge in [0.15, 0.2) is 0 Å². The molecule has 0 spiro atoms. The van der Waals surface area contributed by atoms with Crippen LogP contribution >= 0.6 is 0 Å². The van der Waals surface area contributed by atoms with Crippen LogP contribution in [0.3, 0.4) is 0 Å². The molecule has 3 aromatic carbocycles. The molecule has 2 nitrogen and oxygen atoms in total. The molecule has 1 unspecified atom stereocenters. The Morgan fingerprint density at radius 1 is 0.909 bits per heavy atom. The molecule has 0 N–H and O–H groups in total. The van der Waals surface area contributed by atoms with E-state index in [1.807, 2.05) is 13.0 Å². The van der Waals surface area contributed by atoms with Gasteiger partial charge in [-0.2, -0.15) is 0 Å². The molecule has 1 aliphatic rings. The molecule has 33 heavy (non-hydrogen) atoms. The maximum absolute atomic E-state index is 6.63. The van der Waals surface area contributed by atoms with Gasteiger partial charge in [-0.05, 0) is 46.2 Å². The lowest BCUT2D eigenvalue weighted by Gasteiger charge is -2.26. The van der Waals surface area contributed by atoms with E-state index in [-0.39, 0.29) is 0 Å². The molecule has 1 atom stereocenters. The minimum atomic E-state index is 0.359. The largest absolute Gasteiger partial charge is 0.492 e. The lowest BCUT2D eigenvalue weighted by Crippen LogP contribution is -2.28. The van der Waals surface area contributed by atoms with Gasteiger partial charge in [0.25, 0.3) is 0 Å². The first-order chi connectivity index (χ1) is 16.2. The molecular formula is C31H36O2. The smallest absolute Gasteiger partial charge is 0.127 e. The summed E-state index contributed by atoms with van der Waals surface area (Å²) >= 11 is 0. The Labute approximate surface area is 198 Å². The fourth-order valence-electron chi connectivity index (χ4n) is 5.10. The Morgan fingerprint density at radius 3 is 2.27 bits per heavy atom. The fourth-order valence-corrected chi connectivity index (χ4v) is 5.10. The third-order valence-electron chi connectivity index (χ3n) is 6.79. The number of ether oxygens (including phenoxy) is 2. The summed E-state index contributed by atoms with van der Waals surface area (Å²) in [6.45, 7) is 12.3. The highest BCUT2D eigenvalue weighted by atomic mass is 16.5. The van der Waals surface area contributed by atoms with Crippen LogP contribution in [0.5, 0.6) is 11.5 Å². The fraction of sp³-hybridized carbons (Fsp3) is 0.355. The van der Waals surface area contributed by atoms with E-state index in [9.17, 15) is 0 Å². The van der Waals surface area contributed by atoms with Crippen LogP contribution in [-0.2, 0) is 0 Å². The lowest BCUT2D eigenvalue weighted by molar-refractivity contribution is 0.121. The monoisotopic (exact) mass is 440 g/mol. The first-order valence-corrected chi connectivity index (χ1v) is 12.4. The van der Waals surface area contributed by atoms with Crippen molar-refractivity contribution in [2.75, 3.05) is 13.2 Å². The highest BCUT2D eigenvalue weighted by Crippen LogP contribution is 2.41. The Kier molecular flexibility index (Phi) is 7.54. The van der Waals surface area contributed by atoms with Crippen LogP contribution < -0.4 is 19.9 Å². The Balaban J connectivity index is 1.97. The average Bonchev–Trinajstić information content (AvgIpc) is 2.91. The van der Waals surface area contributed by atoms with Crippen LogP contribution in [-0.4, -0.2) is 13.2 Å². The van der Waals surface area contributed by atoms with Gasteiger partial charge in [-0.1, -0.05) is 101 Å². The Morgan fingerprint density at radius 2 is 1.58 bits per heavy atom. The van der Waals surface area contributed by atoms with Gasteiger partial charge in [-0.15, -0.1) is 0 Å². The van der Waals surface area contributed by atoms with Gasteiger partial charge in [-0.25, -0.2) is 0 Å². The number of fused-ring (bicyclic) bond motifs is 5. The minimum absolute atomic E-state index is 0.359. The van der Waals surface area contributed by atoms with Crippen LogP contribution in [0.2, 0.25) is 0 Å². The van der Waals surface area contributed by atoms with Crippen LogP contribution in [0, 0.1) is 11.8 Å². The molecule has 1 aliphatic heterocycles. The van der Waals surface area contributed by atoms with Crippen LogP contribution in [0.1, 0.15) is 46.5 Å². The van der Waals surface area contributed by atoms with Gasteiger partial charge >= 0.3 is 0 Å². The van der Waals surface area contributed by atoms with Crippen molar-refractivity contribution >= 4 is 23.4 Å². The minimum Gasteiger partial charge on any atom is -0.492 e. The van der Waals surface area contributed by atoms with E-state index < -0.39 is 0 Å². The average molecular weight is 441 g/mol. The second kappa shape index (κ2) is 10.7. The molecule has 0 fully saturated rings. The SMILES string of the molecule is C=c1ccc2c(/c1=C/C=C\C)-c1c(ccc3ccccc13)OCC(C(CCC)CCC)CO2. The third-order valence-corrected chi connectivity index (χ3v) is 6.79. The number of hydrogen-bond donors (Lipinski definition) is 0. The van der Waals surface area contributed by atoms with Crippen molar-refractivity contribution in [2.24, 2.45) is 11.8 Å².